The molecule has 4 rings (SSSR count). The Morgan fingerprint density at radius 2 is 1.17 bits per heavy atom. The van der Waals surface area contributed by atoms with Gasteiger partial charge in [-0.2, -0.15) is 0 Å². The molecule has 0 saturated carbocycles. The first-order chi connectivity index (χ1) is 14.6. The summed E-state index contributed by atoms with van der Waals surface area (Å²) >= 11 is -0.701. The van der Waals surface area contributed by atoms with E-state index in [9.17, 15) is 0 Å². The van der Waals surface area contributed by atoms with Crippen LogP contribution in [0.5, 0.6) is 0 Å². The fourth-order valence-electron chi connectivity index (χ4n) is 4.57. The average Bonchev–Trinajstić information content (AvgIpc) is 3.06. The van der Waals surface area contributed by atoms with E-state index in [4.69, 9.17) is 0 Å². The van der Waals surface area contributed by atoms with Crippen molar-refractivity contribution >= 4 is 0 Å². The van der Waals surface area contributed by atoms with Crippen LogP contribution in [-0.2, 0) is 42.5 Å². The van der Waals surface area contributed by atoms with Gasteiger partial charge in [0.25, 0.3) is 0 Å². The van der Waals surface area contributed by atoms with Crippen LogP contribution in [0.4, 0.5) is 0 Å². The van der Waals surface area contributed by atoms with Crippen molar-refractivity contribution in [1.82, 2.24) is 0 Å². The molecule has 1 unspecified atom stereocenters. The van der Waals surface area contributed by atoms with Crippen LogP contribution in [0.1, 0.15) is 30.5 Å². The second kappa shape index (κ2) is 9.89. The van der Waals surface area contributed by atoms with Crippen LogP contribution in [0, 0.1) is 0 Å². The Morgan fingerprint density at radius 1 is 0.667 bits per heavy atom. The van der Waals surface area contributed by atoms with E-state index in [0.29, 0.717) is 0 Å². The summed E-state index contributed by atoms with van der Waals surface area (Å²) in [4.78, 5) is 0. The van der Waals surface area contributed by atoms with Crippen LogP contribution in [0.25, 0.3) is 0 Å². The van der Waals surface area contributed by atoms with Gasteiger partial charge in [-0.15, -0.1) is 0 Å². The van der Waals surface area contributed by atoms with E-state index in [-0.39, 0.29) is 3.12 Å². The van der Waals surface area contributed by atoms with Crippen LogP contribution < -0.4 is 0 Å². The molecule has 0 amide bonds. The summed E-state index contributed by atoms with van der Waals surface area (Å²) in [5, 5.41) is 0. The molecule has 1 aliphatic rings. The Bertz CT molecular complexity index is 1000. The molecule has 0 aliphatic heterocycles. The SMILES string of the molecule is C[CH](C)[Zr][C]1(Cc2ccccc2)C=CC(Cc2ccccc2)=C1Cc1ccccc1. The Hall–Kier alpha value is -1.98. The number of allylic oxidation sites excluding steroid dienone is 4. The predicted molar refractivity (Wildman–Crippen MR) is 124 cm³/mol. The van der Waals surface area contributed by atoms with Crippen molar-refractivity contribution < 1.29 is 23.2 Å². The van der Waals surface area contributed by atoms with Gasteiger partial charge in [0.2, 0.25) is 0 Å². The molecule has 1 heteroatoms. The van der Waals surface area contributed by atoms with Crippen LogP contribution in [-0.4, -0.2) is 0 Å². The molecule has 3 aromatic rings. The summed E-state index contributed by atoms with van der Waals surface area (Å²) in [6.45, 7) is 4.87. The van der Waals surface area contributed by atoms with Gasteiger partial charge in [-0.25, -0.2) is 0 Å². The third kappa shape index (κ3) is 5.19. The first kappa shape index (κ1) is 21.3. The maximum atomic E-state index is 2.60. The van der Waals surface area contributed by atoms with E-state index < -0.39 is 23.2 Å². The fourth-order valence-corrected chi connectivity index (χ4v) is 9.33. The van der Waals surface area contributed by atoms with Crippen molar-refractivity contribution in [2.75, 3.05) is 0 Å². The number of rotatable bonds is 8. The molecular formula is C29H30Zr. The van der Waals surface area contributed by atoms with Crippen LogP contribution in [0.2, 0.25) is 6.75 Å². The third-order valence-corrected chi connectivity index (χ3v) is 10.1. The first-order valence-electron chi connectivity index (χ1n) is 11.0. The molecule has 0 saturated heterocycles. The van der Waals surface area contributed by atoms with E-state index in [2.05, 4.69) is 117 Å². The van der Waals surface area contributed by atoms with Gasteiger partial charge in [-0.05, 0) is 0 Å². The first-order valence-corrected chi connectivity index (χ1v) is 13.6. The summed E-state index contributed by atoms with van der Waals surface area (Å²) in [7, 11) is 0. The van der Waals surface area contributed by atoms with E-state index in [1.165, 1.54) is 16.7 Å². The van der Waals surface area contributed by atoms with Gasteiger partial charge in [0.15, 0.2) is 0 Å². The standard InChI is InChI=1S/C26H23.C3H7.Zr/c1-4-10-21(11-5-1)18-24-16-17-25(19-22-12-6-2-7-13-22)26(24)20-23-14-8-3-9-15-23;1-3-2;/h1-17H,18-20H2;3H,1-2H3;. The third-order valence-electron chi connectivity index (χ3n) is 5.83. The quantitative estimate of drug-likeness (QED) is 0.318. The zero-order valence-electron chi connectivity index (χ0n) is 18.0. The van der Waals surface area contributed by atoms with E-state index in [0.717, 1.165) is 22.9 Å². The topological polar surface area (TPSA) is 0 Å². The zero-order chi connectivity index (χ0) is 20.8. The summed E-state index contributed by atoms with van der Waals surface area (Å²) in [5.74, 6) is 0. The molecule has 30 heavy (non-hydrogen) atoms. The Morgan fingerprint density at radius 3 is 1.70 bits per heavy atom. The Balaban J connectivity index is 1.76. The zero-order valence-corrected chi connectivity index (χ0v) is 20.5. The normalized spacial score (nSPS) is 18.2. The van der Waals surface area contributed by atoms with E-state index in [1.54, 1.807) is 11.1 Å². The van der Waals surface area contributed by atoms with Gasteiger partial charge in [-0.3, -0.25) is 0 Å². The maximum absolute atomic E-state index is 2.60. The van der Waals surface area contributed by atoms with Crippen molar-refractivity contribution in [2.45, 2.75) is 39.9 Å². The van der Waals surface area contributed by atoms with Crippen molar-refractivity contribution in [1.29, 1.82) is 0 Å². The van der Waals surface area contributed by atoms with Crippen molar-refractivity contribution in [2.24, 2.45) is 0 Å². The number of benzene rings is 3. The predicted octanol–water partition coefficient (Wildman–Crippen LogP) is 7.65. The molecule has 3 aromatic carbocycles. The average molecular weight is 470 g/mol. The second-order valence-corrected chi connectivity index (χ2v) is 14.3. The molecular weight excluding hydrogens is 440 g/mol. The summed E-state index contributed by atoms with van der Waals surface area (Å²) < 4.78 is 1.07. The molecule has 0 radical (unpaired) electrons. The van der Waals surface area contributed by atoms with Crippen molar-refractivity contribution in [3.8, 4) is 0 Å². The van der Waals surface area contributed by atoms with Gasteiger partial charge < -0.3 is 0 Å². The van der Waals surface area contributed by atoms with Crippen LogP contribution in [0.15, 0.2) is 114 Å². The van der Waals surface area contributed by atoms with Gasteiger partial charge in [0, 0.05) is 0 Å². The number of hydrogen-bond acceptors (Lipinski definition) is 0. The molecule has 0 spiro atoms. The Labute approximate surface area is 193 Å². The fraction of sp³-hybridized carbons (Fsp3) is 0.241. The minimum atomic E-state index is -0.701. The van der Waals surface area contributed by atoms with Gasteiger partial charge in [0.05, 0.1) is 0 Å². The van der Waals surface area contributed by atoms with Crippen LogP contribution in [0.3, 0.4) is 0 Å². The monoisotopic (exact) mass is 468 g/mol. The van der Waals surface area contributed by atoms with Gasteiger partial charge in [0.1, 0.15) is 0 Å². The molecule has 1 aliphatic carbocycles. The van der Waals surface area contributed by atoms with Crippen molar-refractivity contribution in [3.05, 3.63) is 131 Å². The molecule has 150 valence electrons. The summed E-state index contributed by atoms with van der Waals surface area (Å²) in [6.07, 6.45) is 8.32. The van der Waals surface area contributed by atoms with Gasteiger partial charge >= 0.3 is 194 Å². The molecule has 0 aromatic heterocycles. The molecule has 0 heterocycles. The van der Waals surface area contributed by atoms with Crippen molar-refractivity contribution in [3.63, 3.8) is 0 Å². The summed E-state index contributed by atoms with van der Waals surface area (Å²) in [5.41, 5.74) is 7.54. The second-order valence-electron chi connectivity index (χ2n) is 8.59. The minimum absolute atomic E-state index is 0.263. The molecule has 0 nitrogen and oxygen atoms in total. The van der Waals surface area contributed by atoms with Crippen LogP contribution >= 0.6 is 0 Å². The molecule has 1 atom stereocenters. The summed E-state index contributed by atoms with van der Waals surface area (Å²) in [6, 6.07) is 33.1. The molecule has 0 fully saturated rings. The van der Waals surface area contributed by atoms with E-state index in [1.807, 2.05) is 0 Å². The van der Waals surface area contributed by atoms with E-state index >= 15 is 0 Å². The molecule has 0 N–H and O–H groups in total. The Kier molecular flexibility index (Phi) is 7.01. The molecule has 0 bridgehead atoms. The number of hydrogen-bond donors (Lipinski definition) is 0. The van der Waals surface area contributed by atoms with Gasteiger partial charge in [-0.1, -0.05) is 0 Å².